The van der Waals surface area contributed by atoms with E-state index in [9.17, 15) is 0 Å². The summed E-state index contributed by atoms with van der Waals surface area (Å²) in [4.78, 5) is 0. The monoisotopic (exact) mass is 475 g/mol. The Morgan fingerprint density at radius 3 is 2.67 bits per heavy atom. The summed E-state index contributed by atoms with van der Waals surface area (Å²) in [6.07, 6.45) is 9.42. The second-order valence-corrected chi connectivity index (χ2v) is 7.87. The zero-order chi connectivity index (χ0) is 23.0. The summed E-state index contributed by atoms with van der Waals surface area (Å²) in [5.41, 5.74) is 3.76. The SMILES string of the molecule is C#CCc1ccccc1.Clc1ccc(OCc2cn(-c3ccc4[nH]ncc4c3)nn2)c(Cl)c1. The maximum absolute atomic E-state index is 6.08. The molecule has 164 valence electrons. The molecule has 33 heavy (non-hydrogen) atoms. The van der Waals surface area contributed by atoms with Crippen molar-refractivity contribution in [3.8, 4) is 23.8 Å². The molecular weight excluding hydrogens is 457 g/mol. The van der Waals surface area contributed by atoms with Crippen LogP contribution >= 0.6 is 23.2 Å². The van der Waals surface area contributed by atoms with Gasteiger partial charge < -0.3 is 4.74 Å². The Bertz CT molecular complexity index is 1390. The minimum atomic E-state index is 0.259. The van der Waals surface area contributed by atoms with Crippen LogP contribution in [0.4, 0.5) is 0 Å². The van der Waals surface area contributed by atoms with Gasteiger partial charge in [0.05, 0.1) is 28.6 Å². The maximum atomic E-state index is 6.08. The smallest absolute Gasteiger partial charge is 0.138 e. The van der Waals surface area contributed by atoms with E-state index in [1.807, 2.05) is 54.7 Å². The molecule has 5 rings (SSSR count). The van der Waals surface area contributed by atoms with E-state index in [-0.39, 0.29) is 6.61 Å². The average Bonchev–Trinajstić information content (AvgIpc) is 3.49. The van der Waals surface area contributed by atoms with Crippen LogP contribution in [0.15, 0.2) is 79.1 Å². The summed E-state index contributed by atoms with van der Waals surface area (Å²) in [6.45, 7) is 0.259. The van der Waals surface area contributed by atoms with Crippen molar-refractivity contribution in [2.45, 2.75) is 13.0 Å². The van der Waals surface area contributed by atoms with E-state index >= 15 is 0 Å². The predicted octanol–water partition coefficient (Wildman–Crippen LogP) is 5.89. The normalized spacial score (nSPS) is 10.3. The number of benzene rings is 3. The molecule has 0 radical (unpaired) electrons. The van der Waals surface area contributed by atoms with Gasteiger partial charge in [0.2, 0.25) is 0 Å². The van der Waals surface area contributed by atoms with Crippen LogP contribution in [-0.4, -0.2) is 25.2 Å². The van der Waals surface area contributed by atoms with Crippen molar-refractivity contribution >= 4 is 34.1 Å². The highest BCUT2D eigenvalue weighted by atomic mass is 35.5. The predicted molar refractivity (Wildman–Crippen MR) is 131 cm³/mol. The molecule has 0 unspecified atom stereocenters. The highest BCUT2D eigenvalue weighted by Crippen LogP contribution is 2.28. The number of terminal acetylenes is 1. The van der Waals surface area contributed by atoms with Crippen molar-refractivity contribution in [3.05, 3.63) is 100 Å². The van der Waals surface area contributed by atoms with Crippen molar-refractivity contribution in [2.75, 3.05) is 0 Å². The molecule has 0 atom stereocenters. The van der Waals surface area contributed by atoms with Crippen LogP contribution in [0, 0.1) is 12.3 Å². The van der Waals surface area contributed by atoms with Crippen LogP contribution in [-0.2, 0) is 13.0 Å². The third-order valence-electron chi connectivity index (χ3n) is 4.65. The van der Waals surface area contributed by atoms with Gasteiger partial charge in [-0.1, -0.05) is 58.7 Å². The highest BCUT2D eigenvalue weighted by Gasteiger charge is 2.07. The fraction of sp³-hybridized carbons (Fsp3) is 0.0800. The van der Waals surface area contributed by atoms with Crippen LogP contribution in [0.5, 0.6) is 5.75 Å². The number of nitrogens with one attached hydrogen (secondary N) is 1. The van der Waals surface area contributed by atoms with Gasteiger partial charge >= 0.3 is 0 Å². The van der Waals surface area contributed by atoms with Gasteiger partial charge in [-0.2, -0.15) is 5.10 Å². The molecule has 0 bridgehead atoms. The van der Waals surface area contributed by atoms with Crippen molar-refractivity contribution in [1.29, 1.82) is 0 Å². The van der Waals surface area contributed by atoms with E-state index in [4.69, 9.17) is 34.4 Å². The molecule has 0 saturated carbocycles. The molecule has 0 aliphatic heterocycles. The van der Waals surface area contributed by atoms with Crippen molar-refractivity contribution in [2.24, 2.45) is 0 Å². The van der Waals surface area contributed by atoms with Crippen LogP contribution in [0.2, 0.25) is 10.0 Å². The molecule has 2 heterocycles. The summed E-state index contributed by atoms with van der Waals surface area (Å²) in [6, 6.07) is 21.0. The van der Waals surface area contributed by atoms with Crippen molar-refractivity contribution < 1.29 is 4.74 Å². The number of halogens is 2. The summed E-state index contributed by atoms with van der Waals surface area (Å²) in [5.74, 6) is 3.14. The lowest BCUT2D eigenvalue weighted by Crippen LogP contribution is -1.96. The molecular formula is C25H19Cl2N5O. The minimum absolute atomic E-state index is 0.259. The number of nitrogens with zero attached hydrogens (tertiary/aromatic N) is 4. The van der Waals surface area contributed by atoms with Crippen molar-refractivity contribution in [3.63, 3.8) is 0 Å². The number of rotatable bonds is 5. The Morgan fingerprint density at radius 2 is 1.88 bits per heavy atom. The summed E-state index contributed by atoms with van der Waals surface area (Å²) in [7, 11) is 0. The third-order valence-corrected chi connectivity index (χ3v) is 5.18. The van der Waals surface area contributed by atoms with Crippen LogP contribution in [0.1, 0.15) is 11.3 Å². The lowest BCUT2D eigenvalue weighted by atomic mass is 10.2. The van der Waals surface area contributed by atoms with Gasteiger partial charge in [-0.15, -0.1) is 17.4 Å². The number of H-pyrrole nitrogens is 1. The first-order valence-electron chi connectivity index (χ1n) is 10.0. The zero-order valence-corrected chi connectivity index (χ0v) is 19.0. The summed E-state index contributed by atoms with van der Waals surface area (Å²) in [5, 5.41) is 17.2. The van der Waals surface area contributed by atoms with E-state index in [1.165, 1.54) is 5.56 Å². The fourth-order valence-corrected chi connectivity index (χ4v) is 3.48. The van der Waals surface area contributed by atoms with E-state index in [2.05, 4.69) is 26.4 Å². The highest BCUT2D eigenvalue weighted by molar-refractivity contribution is 6.35. The number of hydrogen-bond acceptors (Lipinski definition) is 4. The summed E-state index contributed by atoms with van der Waals surface area (Å²) < 4.78 is 7.35. The van der Waals surface area contributed by atoms with Gasteiger partial charge in [-0.25, -0.2) is 4.68 Å². The zero-order valence-electron chi connectivity index (χ0n) is 17.5. The molecule has 3 aromatic carbocycles. The van der Waals surface area contributed by atoms with Gasteiger partial charge in [0.25, 0.3) is 0 Å². The summed E-state index contributed by atoms with van der Waals surface area (Å²) >= 11 is 11.9. The second-order valence-electron chi connectivity index (χ2n) is 7.03. The van der Waals surface area contributed by atoms with Crippen LogP contribution in [0.3, 0.4) is 0 Å². The number of ether oxygens (including phenoxy) is 1. The second kappa shape index (κ2) is 10.7. The first-order valence-corrected chi connectivity index (χ1v) is 10.8. The van der Waals surface area contributed by atoms with Gasteiger partial charge in [0, 0.05) is 16.8 Å². The first-order chi connectivity index (χ1) is 16.1. The Kier molecular flexibility index (Phi) is 7.26. The molecule has 0 spiro atoms. The lowest BCUT2D eigenvalue weighted by molar-refractivity contribution is 0.301. The minimum Gasteiger partial charge on any atom is -0.486 e. The topological polar surface area (TPSA) is 68.6 Å². The fourth-order valence-electron chi connectivity index (χ4n) is 3.02. The molecule has 0 aliphatic carbocycles. The number of aromatic nitrogens is 5. The third kappa shape index (κ3) is 5.92. The first kappa shape index (κ1) is 22.4. The molecule has 5 aromatic rings. The lowest BCUT2D eigenvalue weighted by Gasteiger charge is -2.06. The van der Waals surface area contributed by atoms with Crippen LogP contribution in [0.25, 0.3) is 16.6 Å². The van der Waals surface area contributed by atoms with Gasteiger partial charge in [-0.3, -0.25) is 5.10 Å². The molecule has 1 N–H and O–H groups in total. The number of aromatic amines is 1. The maximum Gasteiger partial charge on any atom is 0.138 e. The standard InChI is InChI=1S/C16H11Cl2N5O.C9H8/c17-11-1-4-16(14(18)6-11)24-9-12-8-23(22-20-12)13-2-3-15-10(5-13)7-19-21-15;1-2-6-9-7-4-3-5-8-9/h1-8H,9H2,(H,19,21);1,3-5,7-8H,6H2. The number of fused-ring (bicyclic) bond motifs is 1. The van der Waals surface area contributed by atoms with E-state index in [0.29, 0.717) is 21.5 Å². The largest absolute Gasteiger partial charge is 0.486 e. The van der Waals surface area contributed by atoms with E-state index in [0.717, 1.165) is 23.0 Å². The molecule has 0 fully saturated rings. The molecule has 6 nitrogen and oxygen atoms in total. The Balaban J connectivity index is 0.000000243. The van der Waals surface area contributed by atoms with Gasteiger partial charge in [-0.05, 0) is 42.0 Å². The van der Waals surface area contributed by atoms with E-state index in [1.54, 1.807) is 29.1 Å². The quantitative estimate of drug-likeness (QED) is 0.321. The average molecular weight is 476 g/mol. The Morgan fingerprint density at radius 1 is 1.03 bits per heavy atom. The van der Waals surface area contributed by atoms with Crippen LogP contribution < -0.4 is 4.74 Å². The Hall–Kier alpha value is -3.79. The van der Waals surface area contributed by atoms with Crippen molar-refractivity contribution in [1.82, 2.24) is 25.2 Å². The number of hydrogen-bond donors (Lipinski definition) is 1. The molecule has 0 saturated heterocycles. The molecule has 0 amide bonds. The molecule has 8 heteroatoms. The van der Waals surface area contributed by atoms with Gasteiger partial charge in [0.1, 0.15) is 18.1 Å². The Labute approximate surface area is 201 Å². The molecule has 2 aromatic heterocycles. The van der Waals surface area contributed by atoms with E-state index < -0.39 is 0 Å². The van der Waals surface area contributed by atoms with Gasteiger partial charge in [0.15, 0.2) is 0 Å². The molecule has 0 aliphatic rings.